The van der Waals surface area contributed by atoms with Gasteiger partial charge in [-0.1, -0.05) is 16.9 Å². The van der Waals surface area contributed by atoms with Crippen molar-refractivity contribution in [3.63, 3.8) is 0 Å². The molecule has 11 heteroatoms. The number of alkyl halides is 3. The van der Waals surface area contributed by atoms with Gasteiger partial charge in [-0.3, -0.25) is 9.48 Å². The van der Waals surface area contributed by atoms with Crippen LogP contribution in [0.25, 0.3) is 0 Å². The molecule has 3 rings (SSSR count). The van der Waals surface area contributed by atoms with Crippen LogP contribution in [0, 0.1) is 5.92 Å². The van der Waals surface area contributed by atoms with Crippen LogP contribution in [0.5, 0.6) is 0 Å². The van der Waals surface area contributed by atoms with Crippen molar-refractivity contribution in [2.45, 2.75) is 64.2 Å². The molecule has 1 unspecified atom stereocenters. The van der Waals surface area contributed by atoms with Gasteiger partial charge in [0.15, 0.2) is 0 Å². The highest BCUT2D eigenvalue weighted by molar-refractivity contribution is 5.78. The summed E-state index contributed by atoms with van der Waals surface area (Å²) in [7, 11) is 0. The number of nitrogens with zero attached hydrogens (tertiary/aromatic N) is 4. The van der Waals surface area contributed by atoms with Gasteiger partial charge in [-0.15, -0.1) is 5.10 Å². The second-order valence-electron chi connectivity index (χ2n) is 7.57. The van der Waals surface area contributed by atoms with Gasteiger partial charge in [0.05, 0.1) is 5.69 Å². The summed E-state index contributed by atoms with van der Waals surface area (Å²) in [6, 6.07) is 0. The van der Waals surface area contributed by atoms with Crippen molar-refractivity contribution >= 4 is 11.9 Å². The Bertz CT molecular complexity index is 748. The third kappa shape index (κ3) is 7.77. The molecule has 2 aliphatic rings. The summed E-state index contributed by atoms with van der Waals surface area (Å²) in [6.45, 7) is 2.97. The molecule has 30 heavy (non-hydrogen) atoms. The van der Waals surface area contributed by atoms with E-state index in [1.807, 2.05) is 15.8 Å². The van der Waals surface area contributed by atoms with Gasteiger partial charge < -0.3 is 15.7 Å². The normalized spacial score (nSPS) is 19.5. The Hall–Kier alpha value is -2.43. The summed E-state index contributed by atoms with van der Waals surface area (Å²) >= 11 is 0. The summed E-state index contributed by atoms with van der Waals surface area (Å²) in [4.78, 5) is 23.5. The number of hydrogen-bond acceptors (Lipinski definition) is 5. The Balaban J connectivity index is 0.000000396. The summed E-state index contributed by atoms with van der Waals surface area (Å²) < 4.78 is 33.6. The van der Waals surface area contributed by atoms with Crippen molar-refractivity contribution in [3.05, 3.63) is 23.5 Å². The fraction of sp³-hybridized carbons (Fsp3) is 0.684. The lowest BCUT2D eigenvalue weighted by Crippen LogP contribution is -2.41. The molecule has 2 heterocycles. The second-order valence-corrected chi connectivity index (χ2v) is 7.57. The van der Waals surface area contributed by atoms with E-state index in [1.165, 1.54) is 18.4 Å². The van der Waals surface area contributed by atoms with Crippen LogP contribution < -0.4 is 5.73 Å². The van der Waals surface area contributed by atoms with E-state index in [0.29, 0.717) is 24.8 Å². The van der Waals surface area contributed by atoms with E-state index >= 15 is 0 Å². The Kier molecular flexibility index (Phi) is 8.82. The molecule has 1 aliphatic carbocycles. The van der Waals surface area contributed by atoms with Crippen LogP contribution in [0.15, 0.2) is 17.8 Å². The fourth-order valence-corrected chi connectivity index (χ4v) is 3.60. The van der Waals surface area contributed by atoms with E-state index in [1.54, 1.807) is 0 Å². The first-order valence-electron chi connectivity index (χ1n) is 10.0. The van der Waals surface area contributed by atoms with Crippen LogP contribution in [0.4, 0.5) is 13.2 Å². The number of halogens is 3. The lowest BCUT2D eigenvalue weighted by atomic mass is 9.94. The maximum atomic E-state index is 12.5. The molecule has 3 N–H and O–H groups in total. The number of allylic oxidation sites excluding steroid dienone is 1. The minimum atomic E-state index is -5.08. The summed E-state index contributed by atoms with van der Waals surface area (Å²) in [5.41, 5.74) is 7.73. The molecule has 1 fully saturated rings. The number of nitrogens with two attached hydrogens (primary N) is 1. The number of amides is 1. The number of rotatable bonds is 5. The Morgan fingerprint density at radius 3 is 2.57 bits per heavy atom. The number of carboxylic acids is 1. The Labute approximate surface area is 172 Å². The second kappa shape index (κ2) is 11.1. The number of carbonyl (C=O) groups is 2. The van der Waals surface area contributed by atoms with Gasteiger partial charge in [-0.05, 0) is 44.4 Å². The van der Waals surface area contributed by atoms with Crippen molar-refractivity contribution < 1.29 is 27.9 Å². The van der Waals surface area contributed by atoms with Crippen molar-refractivity contribution in [1.29, 1.82) is 0 Å². The van der Waals surface area contributed by atoms with Gasteiger partial charge in [0.25, 0.3) is 0 Å². The molecule has 0 spiro atoms. The van der Waals surface area contributed by atoms with Crippen LogP contribution in [0.2, 0.25) is 0 Å². The van der Waals surface area contributed by atoms with Crippen LogP contribution in [-0.4, -0.2) is 56.1 Å². The Morgan fingerprint density at radius 2 is 2.00 bits per heavy atom. The van der Waals surface area contributed by atoms with E-state index in [-0.39, 0.29) is 0 Å². The highest BCUT2D eigenvalue weighted by Crippen LogP contribution is 2.23. The molecule has 1 aromatic rings. The van der Waals surface area contributed by atoms with Gasteiger partial charge in [-0.2, -0.15) is 13.2 Å². The van der Waals surface area contributed by atoms with Gasteiger partial charge in [0.1, 0.15) is 0 Å². The lowest BCUT2D eigenvalue weighted by Gasteiger charge is -2.33. The molecule has 0 aromatic carbocycles. The van der Waals surface area contributed by atoms with E-state index < -0.39 is 12.1 Å². The van der Waals surface area contributed by atoms with Crippen LogP contribution >= 0.6 is 0 Å². The standard InChI is InChI=1S/C17H27N5O.C2HF3O2/c18-10-16-13-22(20-19-16)12-15-7-4-8-21(11-15)17(23)9-14-5-2-1-3-6-14;3-2(4,5)1(6)7/h5,13,15H,1-4,6-12,18H2;(H,6,7). The molecule has 8 nitrogen and oxygen atoms in total. The molecule has 1 saturated heterocycles. The maximum Gasteiger partial charge on any atom is 0.490 e. The molecule has 1 atom stereocenters. The number of carbonyl (C=O) groups excluding carboxylic acids is 1. The van der Waals surface area contributed by atoms with Crippen molar-refractivity contribution in [3.8, 4) is 0 Å². The van der Waals surface area contributed by atoms with Gasteiger partial charge in [-0.25, -0.2) is 4.79 Å². The number of hydrogen-bond donors (Lipinski definition) is 2. The molecule has 168 valence electrons. The smallest absolute Gasteiger partial charge is 0.475 e. The van der Waals surface area contributed by atoms with Gasteiger partial charge in [0.2, 0.25) is 5.91 Å². The first-order valence-corrected chi connectivity index (χ1v) is 10.0. The number of likely N-dealkylation sites (tertiary alicyclic amines) is 1. The highest BCUT2D eigenvalue weighted by Gasteiger charge is 2.38. The Morgan fingerprint density at radius 1 is 1.27 bits per heavy atom. The zero-order chi connectivity index (χ0) is 22.1. The average Bonchev–Trinajstić information content (AvgIpc) is 3.16. The molecule has 1 aromatic heterocycles. The number of aromatic nitrogens is 3. The molecular formula is C19H28F3N5O3. The third-order valence-electron chi connectivity index (χ3n) is 5.12. The molecule has 0 bridgehead atoms. The van der Waals surface area contributed by atoms with Crippen LogP contribution in [-0.2, 0) is 22.7 Å². The molecular weight excluding hydrogens is 403 g/mol. The highest BCUT2D eigenvalue weighted by atomic mass is 19.4. The zero-order valence-electron chi connectivity index (χ0n) is 16.8. The van der Waals surface area contributed by atoms with E-state index in [9.17, 15) is 18.0 Å². The van der Waals surface area contributed by atoms with Crippen molar-refractivity contribution in [2.24, 2.45) is 11.7 Å². The van der Waals surface area contributed by atoms with E-state index in [0.717, 1.165) is 51.0 Å². The predicted molar refractivity (Wildman–Crippen MR) is 102 cm³/mol. The molecule has 1 amide bonds. The predicted octanol–water partition coefficient (Wildman–Crippen LogP) is 2.50. The molecule has 0 saturated carbocycles. The first kappa shape index (κ1) is 23.8. The minimum absolute atomic E-state index is 0.295. The van der Waals surface area contributed by atoms with Crippen molar-refractivity contribution in [1.82, 2.24) is 19.9 Å². The van der Waals surface area contributed by atoms with E-state index in [2.05, 4.69) is 16.4 Å². The van der Waals surface area contributed by atoms with Gasteiger partial charge >= 0.3 is 12.1 Å². The molecule has 1 aliphatic heterocycles. The molecule has 0 radical (unpaired) electrons. The summed E-state index contributed by atoms with van der Waals surface area (Å²) in [5, 5.41) is 15.3. The maximum absolute atomic E-state index is 12.5. The topological polar surface area (TPSA) is 114 Å². The SMILES string of the molecule is NCc1cn(CC2CCCN(C(=O)CC3=CCCCC3)C2)nn1.O=C(O)C(F)(F)F. The van der Waals surface area contributed by atoms with Crippen LogP contribution in [0.3, 0.4) is 0 Å². The van der Waals surface area contributed by atoms with Gasteiger partial charge in [0, 0.05) is 38.8 Å². The summed E-state index contributed by atoms with van der Waals surface area (Å²) in [6.07, 6.45) is 6.68. The summed E-state index contributed by atoms with van der Waals surface area (Å²) in [5.74, 6) is -2.00. The monoisotopic (exact) mass is 431 g/mol. The average molecular weight is 431 g/mol. The first-order chi connectivity index (χ1) is 14.2. The lowest BCUT2D eigenvalue weighted by molar-refractivity contribution is -0.192. The number of carboxylic acid groups (broad SMARTS) is 1. The van der Waals surface area contributed by atoms with Crippen LogP contribution in [0.1, 0.15) is 50.6 Å². The zero-order valence-corrected chi connectivity index (χ0v) is 16.8. The van der Waals surface area contributed by atoms with Crippen molar-refractivity contribution in [2.75, 3.05) is 13.1 Å². The third-order valence-corrected chi connectivity index (χ3v) is 5.12. The largest absolute Gasteiger partial charge is 0.490 e. The van der Waals surface area contributed by atoms with E-state index in [4.69, 9.17) is 15.6 Å². The number of piperidine rings is 1. The minimum Gasteiger partial charge on any atom is -0.475 e. The number of aliphatic carboxylic acids is 1. The quantitative estimate of drug-likeness (QED) is 0.693. The fourth-order valence-electron chi connectivity index (χ4n) is 3.60.